The predicted octanol–water partition coefficient (Wildman–Crippen LogP) is 2.37. The standard InChI is InChI=1S/C20H30N2O3/c1-16(18-4-3-5-19(13-18)24-2)12-20(23)22-9-7-21(8-10-22)14-17-6-11-25-15-17/h3-5,13,16-17H,6-12,14-15H2,1-2H3. The number of hydrogen-bond acceptors (Lipinski definition) is 4. The van der Waals surface area contributed by atoms with Crippen LogP contribution in [0.15, 0.2) is 24.3 Å². The van der Waals surface area contributed by atoms with Crippen LogP contribution in [0.2, 0.25) is 0 Å². The van der Waals surface area contributed by atoms with Gasteiger partial charge in [-0.25, -0.2) is 0 Å². The van der Waals surface area contributed by atoms with Crippen molar-refractivity contribution in [2.75, 3.05) is 53.0 Å². The summed E-state index contributed by atoms with van der Waals surface area (Å²) in [6.45, 7) is 8.69. The molecule has 138 valence electrons. The Hall–Kier alpha value is -1.59. The lowest BCUT2D eigenvalue weighted by Crippen LogP contribution is -2.50. The Kier molecular flexibility index (Phi) is 6.32. The second kappa shape index (κ2) is 8.68. The number of piperazine rings is 1. The molecule has 2 heterocycles. The quantitative estimate of drug-likeness (QED) is 0.793. The fraction of sp³-hybridized carbons (Fsp3) is 0.650. The zero-order valence-corrected chi connectivity index (χ0v) is 15.4. The summed E-state index contributed by atoms with van der Waals surface area (Å²) in [7, 11) is 1.67. The van der Waals surface area contributed by atoms with Gasteiger partial charge in [0.05, 0.1) is 13.7 Å². The largest absolute Gasteiger partial charge is 0.497 e. The van der Waals surface area contributed by atoms with E-state index >= 15 is 0 Å². The molecule has 2 unspecified atom stereocenters. The Morgan fingerprint density at radius 3 is 2.80 bits per heavy atom. The second-order valence-corrected chi connectivity index (χ2v) is 7.29. The molecule has 0 aliphatic carbocycles. The molecule has 1 aromatic rings. The van der Waals surface area contributed by atoms with Crippen LogP contribution in [0.4, 0.5) is 0 Å². The van der Waals surface area contributed by atoms with Gasteiger partial charge in [0.2, 0.25) is 5.91 Å². The van der Waals surface area contributed by atoms with Gasteiger partial charge in [0.1, 0.15) is 5.75 Å². The van der Waals surface area contributed by atoms with E-state index in [1.54, 1.807) is 7.11 Å². The number of carbonyl (C=O) groups excluding carboxylic acids is 1. The van der Waals surface area contributed by atoms with Gasteiger partial charge in [0, 0.05) is 45.8 Å². The third kappa shape index (κ3) is 4.95. The minimum absolute atomic E-state index is 0.205. The fourth-order valence-electron chi connectivity index (χ4n) is 3.73. The lowest BCUT2D eigenvalue weighted by Gasteiger charge is -2.36. The zero-order chi connectivity index (χ0) is 17.6. The lowest BCUT2D eigenvalue weighted by molar-refractivity contribution is -0.133. The highest BCUT2D eigenvalue weighted by Gasteiger charge is 2.25. The smallest absolute Gasteiger partial charge is 0.223 e. The molecule has 2 saturated heterocycles. The molecule has 0 bridgehead atoms. The molecule has 2 fully saturated rings. The van der Waals surface area contributed by atoms with Crippen molar-refractivity contribution in [1.82, 2.24) is 9.80 Å². The van der Waals surface area contributed by atoms with E-state index in [9.17, 15) is 4.79 Å². The molecule has 0 aromatic heterocycles. The molecule has 1 amide bonds. The summed E-state index contributed by atoms with van der Waals surface area (Å²) in [5.41, 5.74) is 1.16. The molecule has 5 nitrogen and oxygen atoms in total. The highest BCUT2D eigenvalue weighted by atomic mass is 16.5. The van der Waals surface area contributed by atoms with Crippen molar-refractivity contribution < 1.29 is 14.3 Å². The molecule has 25 heavy (non-hydrogen) atoms. The number of benzene rings is 1. The normalized spacial score (nSPS) is 22.8. The minimum atomic E-state index is 0.205. The van der Waals surface area contributed by atoms with Gasteiger partial charge in [-0.1, -0.05) is 19.1 Å². The van der Waals surface area contributed by atoms with Crippen LogP contribution in [-0.2, 0) is 9.53 Å². The Labute approximate surface area is 150 Å². The Morgan fingerprint density at radius 1 is 1.32 bits per heavy atom. The summed E-state index contributed by atoms with van der Waals surface area (Å²) in [5.74, 6) is 1.99. The van der Waals surface area contributed by atoms with Crippen molar-refractivity contribution in [2.24, 2.45) is 5.92 Å². The van der Waals surface area contributed by atoms with E-state index in [1.807, 2.05) is 23.1 Å². The van der Waals surface area contributed by atoms with Crippen molar-refractivity contribution in [2.45, 2.75) is 25.7 Å². The number of carbonyl (C=O) groups is 1. The van der Waals surface area contributed by atoms with E-state index in [1.165, 1.54) is 6.42 Å². The van der Waals surface area contributed by atoms with Gasteiger partial charge in [-0.2, -0.15) is 0 Å². The average Bonchev–Trinajstić information content (AvgIpc) is 3.15. The fourth-order valence-corrected chi connectivity index (χ4v) is 3.73. The van der Waals surface area contributed by atoms with Crippen molar-refractivity contribution in [3.8, 4) is 5.75 Å². The lowest BCUT2D eigenvalue weighted by atomic mass is 9.97. The van der Waals surface area contributed by atoms with Gasteiger partial charge in [0.25, 0.3) is 0 Å². The first-order valence-electron chi connectivity index (χ1n) is 9.37. The number of amides is 1. The van der Waals surface area contributed by atoms with E-state index in [0.29, 0.717) is 12.3 Å². The summed E-state index contributed by atoms with van der Waals surface area (Å²) in [6.07, 6.45) is 1.74. The maximum absolute atomic E-state index is 12.6. The summed E-state index contributed by atoms with van der Waals surface area (Å²) < 4.78 is 10.7. The monoisotopic (exact) mass is 346 g/mol. The van der Waals surface area contributed by atoms with Gasteiger partial charge >= 0.3 is 0 Å². The summed E-state index contributed by atoms with van der Waals surface area (Å²) >= 11 is 0. The first-order valence-corrected chi connectivity index (χ1v) is 9.37. The van der Waals surface area contributed by atoms with E-state index in [0.717, 1.165) is 57.3 Å². The SMILES string of the molecule is COc1cccc(C(C)CC(=O)N2CCN(CC3CCOC3)CC2)c1. The highest BCUT2D eigenvalue weighted by molar-refractivity contribution is 5.77. The third-order valence-electron chi connectivity index (χ3n) is 5.41. The number of ether oxygens (including phenoxy) is 2. The summed E-state index contributed by atoms with van der Waals surface area (Å²) in [6, 6.07) is 8.02. The molecular formula is C20H30N2O3. The van der Waals surface area contributed by atoms with Crippen LogP contribution < -0.4 is 4.74 Å². The van der Waals surface area contributed by atoms with Crippen LogP contribution in [-0.4, -0.2) is 68.8 Å². The molecule has 2 aliphatic rings. The van der Waals surface area contributed by atoms with Crippen LogP contribution in [0.1, 0.15) is 31.2 Å². The molecule has 2 atom stereocenters. The van der Waals surface area contributed by atoms with E-state index in [2.05, 4.69) is 17.9 Å². The molecule has 2 aliphatic heterocycles. The Bertz CT molecular complexity index is 564. The molecule has 0 radical (unpaired) electrons. The first kappa shape index (κ1) is 18.2. The summed E-state index contributed by atoms with van der Waals surface area (Å²) in [4.78, 5) is 17.2. The van der Waals surface area contributed by atoms with Gasteiger partial charge in [0.15, 0.2) is 0 Å². The average molecular weight is 346 g/mol. The molecule has 0 saturated carbocycles. The van der Waals surface area contributed by atoms with Crippen LogP contribution in [0.3, 0.4) is 0 Å². The number of hydrogen-bond donors (Lipinski definition) is 0. The highest BCUT2D eigenvalue weighted by Crippen LogP contribution is 2.24. The van der Waals surface area contributed by atoms with E-state index in [4.69, 9.17) is 9.47 Å². The molecule has 3 rings (SSSR count). The number of nitrogens with zero attached hydrogens (tertiary/aromatic N) is 2. The van der Waals surface area contributed by atoms with E-state index in [-0.39, 0.29) is 11.8 Å². The van der Waals surface area contributed by atoms with Crippen molar-refractivity contribution >= 4 is 5.91 Å². The number of rotatable bonds is 6. The third-order valence-corrected chi connectivity index (χ3v) is 5.41. The van der Waals surface area contributed by atoms with Gasteiger partial charge in [-0.05, 0) is 36.0 Å². The van der Waals surface area contributed by atoms with Crippen LogP contribution in [0.5, 0.6) is 5.75 Å². The molecule has 5 heteroatoms. The van der Waals surface area contributed by atoms with Gasteiger partial charge in [-0.15, -0.1) is 0 Å². The van der Waals surface area contributed by atoms with Crippen molar-refractivity contribution in [3.63, 3.8) is 0 Å². The second-order valence-electron chi connectivity index (χ2n) is 7.29. The van der Waals surface area contributed by atoms with Crippen LogP contribution in [0, 0.1) is 5.92 Å². The Balaban J connectivity index is 1.45. The van der Waals surface area contributed by atoms with Crippen LogP contribution in [0.25, 0.3) is 0 Å². The Morgan fingerprint density at radius 2 is 2.12 bits per heavy atom. The molecule has 1 aromatic carbocycles. The number of methoxy groups -OCH3 is 1. The molecule has 0 N–H and O–H groups in total. The minimum Gasteiger partial charge on any atom is -0.497 e. The van der Waals surface area contributed by atoms with Gasteiger partial charge in [-0.3, -0.25) is 9.69 Å². The summed E-state index contributed by atoms with van der Waals surface area (Å²) in [5, 5.41) is 0. The van der Waals surface area contributed by atoms with Crippen LogP contribution >= 0.6 is 0 Å². The topological polar surface area (TPSA) is 42.0 Å². The van der Waals surface area contributed by atoms with Crippen molar-refractivity contribution in [1.29, 1.82) is 0 Å². The van der Waals surface area contributed by atoms with Gasteiger partial charge < -0.3 is 14.4 Å². The zero-order valence-electron chi connectivity index (χ0n) is 15.4. The van der Waals surface area contributed by atoms with E-state index < -0.39 is 0 Å². The molecule has 0 spiro atoms. The first-order chi connectivity index (χ1) is 12.2. The molecular weight excluding hydrogens is 316 g/mol. The maximum atomic E-state index is 12.6. The maximum Gasteiger partial charge on any atom is 0.223 e. The predicted molar refractivity (Wildman–Crippen MR) is 98.0 cm³/mol. The van der Waals surface area contributed by atoms with Crippen molar-refractivity contribution in [3.05, 3.63) is 29.8 Å².